The second-order valence-corrected chi connectivity index (χ2v) is 5.60. The minimum atomic E-state index is -0.555. The van der Waals surface area contributed by atoms with Gasteiger partial charge in [0.2, 0.25) is 6.23 Å². The van der Waals surface area contributed by atoms with Crippen molar-refractivity contribution in [3.8, 4) is 5.69 Å². The SMILES string of the molecule is CCOC1N=C(c2ccccc2)c2nc(Cl)ccc2-n2cnnc21. The van der Waals surface area contributed by atoms with Crippen molar-refractivity contribution in [2.45, 2.75) is 13.2 Å². The van der Waals surface area contributed by atoms with Gasteiger partial charge in [-0.25, -0.2) is 9.98 Å². The number of aromatic nitrogens is 4. The van der Waals surface area contributed by atoms with Crippen molar-refractivity contribution in [1.82, 2.24) is 19.7 Å². The summed E-state index contributed by atoms with van der Waals surface area (Å²) in [5, 5.41) is 8.59. The predicted octanol–water partition coefficient (Wildman–Crippen LogP) is 3.20. The van der Waals surface area contributed by atoms with Gasteiger partial charge >= 0.3 is 0 Å². The molecule has 6 nitrogen and oxygen atoms in total. The first-order valence-electron chi connectivity index (χ1n) is 7.60. The van der Waals surface area contributed by atoms with E-state index >= 15 is 0 Å². The van der Waals surface area contributed by atoms with E-state index in [0.29, 0.717) is 23.3 Å². The summed E-state index contributed by atoms with van der Waals surface area (Å²) in [6.07, 6.45) is 1.08. The van der Waals surface area contributed by atoms with Crippen molar-refractivity contribution in [3.05, 3.63) is 71.0 Å². The minimum Gasteiger partial charge on any atom is -0.350 e. The van der Waals surface area contributed by atoms with E-state index in [1.54, 1.807) is 12.4 Å². The Morgan fingerprint density at radius 3 is 2.79 bits per heavy atom. The molecule has 1 aromatic carbocycles. The highest BCUT2D eigenvalue weighted by Gasteiger charge is 2.27. The largest absolute Gasteiger partial charge is 0.350 e. The molecule has 0 saturated carbocycles. The molecule has 1 atom stereocenters. The fourth-order valence-corrected chi connectivity index (χ4v) is 2.86. The van der Waals surface area contributed by atoms with Crippen LogP contribution in [0.4, 0.5) is 0 Å². The van der Waals surface area contributed by atoms with E-state index in [9.17, 15) is 0 Å². The highest BCUT2D eigenvalue weighted by atomic mass is 35.5. The molecule has 1 aliphatic rings. The molecule has 0 N–H and O–H groups in total. The van der Waals surface area contributed by atoms with E-state index in [1.807, 2.05) is 47.9 Å². The Morgan fingerprint density at radius 2 is 2.00 bits per heavy atom. The first-order chi connectivity index (χ1) is 11.8. The Bertz CT molecular complexity index is 906. The molecule has 0 spiro atoms. The molecule has 0 radical (unpaired) electrons. The van der Waals surface area contributed by atoms with E-state index in [-0.39, 0.29) is 0 Å². The molecule has 24 heavy (non-hydrogen) atoms. The van der Waals surface area contributed by atoms with Gasteiger partial charge in [0.15, 0.2) is 5.82 Å². The number of pyridine rings is 1. The van der Waals surface area contributed by atoms with Crippen LogP contribution in [-0.2, 0) is 4.74 Å². The average Bonchev–Trinajstić information content (AvgIpc) is 3.04. The van der Waals surface area contributed by atoms with Gasteiger partial charge in [-0.15, -0.1) is 10.2 Å². The third kappa shape index (κ3) is 2.50. The van der Waals surface area contributed by atoms with E-state index in [2.05, 4.69) is 15.2 Å². The Hall–Kier alpha value is -2.57. The number of benzene rings is 1. The van der Waals surface area contributed by atoms with Gasteiger partial charge in [0.25, 0.3) is 0 Å². The summed E-state index contributed by atoms with van der Waals surface area (Å²) in [6, 6.07) is 13.5. The van der Waals surface area contributed by atoms with Crippen LogP contribution < -0.4 is 0 Å². The zero-order chi connectivity index (χ0) is 16.5. The molecular formula is C17H14ClN5O. The van der Waals surface area contributed by atoms with Crippen molar-refractivity contribution in [3.63, 3.8) is 0 Å². The Balaban J connectivity index is 2.00. The Morgan fingerprint density at radius 1 is 1.17 bits per heavy atom. The summed E-state index contributed by atoms with van der Waals surface area (Å²) >= 11 is 6.14. The van der Waals surface area contributed by atoms with E-state index < -0.39 is 6.23 Å². The Kier molecular flexibility index (Phi) is 3.84. The molecule has 3 heterocycles. The first-order valence-corrected chi connectivity index (χ1v) is 7.97. The van der Waals surface area contributed by atoms with Crippen LogP contribution in [0.5, 0.6) is 0 Å². The van der Waals surface area contributed by atoms with E-state index in [0.717, 1.165) is 17.0 Å². The molecule has 1 unspecified atom stereocenters. The number of nitrogens with zero attached hydrogens (tertiary/aromatic N) is 5. The summed E-state index contributed by atoms with van der Waals surface area (Å²) in [6.45, 7) is 2.43. The molecule has 0 saturated heterocycles. The third-order valence-corrected chi connectivity index (χ3v) is 3.95. The molecule has 0 bridgehead atoms. The molecule has 3 aromatic rings. The summed E-state index contributed by atoms with van der Waals surface area (Å²) in [4.78, 5) is 9.29. The average molecular weight is 340 g/mol. The lowest BCUT2D eigenvalue weighted by molar-refractivity contribution is 0.0622. The Labute approximate surface area is 143 Å². The monoisotopic (exact) mass is 339 g/mol. The zero-order valence-corrected chi connectivity index (χ0v) is 13.7. The lowest BCUT2D eigenvalue weighted by Crippen LogP contribution is -2.10. The third-order valence-electron chi connectivity index (χ3n) is 3.74. The summed E-state index contributed by atoms with van der Waals surface area (Å²) in [5.74, 6) is 0.619. The van der Waals surface area contributed by atoms with Gasteiger partial charge in [-0.05, 0) is 19.1 Å². The van der Waals surface area contributed by atoms with Gasteiger partial charge in [-0.1, -0.05) is 41.9 Å². The minimum absolute atomic E-state index is 0.405. The molecule has 1 aliphatic heterocycles. The summed E-state index contributed by atoms with van der Waals surface area (Å²) < 4.78 is 7.63. The predicted molar refractivity (Wildman–Crippen MR) is 90.6 cm³/mol. The molecule has 120 valence electrons. The highest BCUT2D eigenvalue weighted by Crippen LogP contribution is 2.30. The number of aliphatic imine (C=N–C) groups is 1. The van der Waals surface area contributed by atoms with Crippen molar-refractivity contribution < 1.29 is 4.74 Å². The van der Waals surface area contributed by atoms with Crippen LogP contribution in [0, 0.1) is 0 Å². The molecule has 0 fully saturated rings. The van der Waals surface area contributed by atoms with Gasteiger partial charge in [-0.3, -0.25) is 4.57 Å². The van der Waals surface area contributed by atoms with Crippen LogP contribution in [0.25, 0.3) is 5.69 Å². The highest BCUT2D eigenvalue weighted by molar-refractivity contribution is 6.29. The molecule has 2 aromatic heterocycles. The van der Waals surface area contributed by atoms with Crippen molar-refractivity contribution in [2.24, 2.45) is 4.99 Å². The summed E-state index contributed by atoms with van der Waals surface area (Å²) in [7, 11) is 0. The van der Waals surface area contributed by atoms with Crippen LogP contribution in [0.1, 0.15) is 30.2 Å². The van der Waals surface area contributed by atoms with Crippen LogP contribution in [0.15, 0.2) is 53.8 Å². The lowest BCUT2D eigenvalue weighted by atomic mass is 10.1. The van der Waals surface area contributed by atoms with Crippen LogP contribution in [0.2, 0.25) is 5.15 Å². The fraction of sp³-hybridized carbons (Fsp3) is 0.176. The van der Waals surface area contributed by atoms with Crippen LogP contribution in [0.3, 0.4) is 0 Å². The van der Waals surface area contributed by atoms with Gasteiger partial charge in [0, 0.05) is 12.2 Å². The maximum absolute atomic E-state index is 6.14. The zero-order valence-electron chi connectivity index (χ0n) is 12.9. The van der Waals surface area contributed by atoms with Crippen molar-refractivity contribution >= 4 is 17.3 Å². The topological polar surface area (TPSA) is 65.2 Å². The van der Waals surface area contributed by atoms with E-state index in [1.165, 1.54) is 0 Å². The van der Waals surface area contributed by atoms with E-state index in [4.69, 9.17) is 21.3 Å². The molecule has 0 amide bonds. The van der Waals surface area contributed by atoms with Crippen molar-refractivity contribution in [2.75, 3.05) is 6.61 Å². The van der Waals surface area contributed by atoms with Crippen LogP contribution >= 0.6 is 11.6 Å². The number of fused-ring (bicyclic) bond motifs is 3. The first kappa shape index (κ1) is 15.0. The maximum atomic E-state index is 6.14. The number of halogens is 1. The smallest absolute Gasteiger partial charge is 0.209 e. The number of rotatable bonds is 3. The summed E-state index contributed by atoms with van der Waals surface area (Å²) in [5.41, 5.74) is 3.16. The molecular weight excluding hydrogens is 326 g/mol. The van der Waals surface area contributed by atoms with Gasteiger partial charge in [0.05, 0.1) is 11.4 Å². The standard InChI is InChI=1S/C17H14ClN5O/c1-2-24-17-16-22-19-10-23(16)12-8-9-13(18)20-15(12)14(21-17)11-6-4-3-5-7-11/h3-10,17H,2H2,1H3. The lowest BCUT2D eigenvalue weighted by Gasteiger charge is -2.11. The molecule has 7 heteroatoms. The molecule has 4 rings (SSSR count). The maximum Gasteiger partial charge on any atom is 0.209 e. The van der Waals surface area contributed by atoms with Gasteiger partial charge < -0.3 is 4.74 Å². The normalized spacial score (nSPS) is 16.1. The number of hydrogen-bond donors (Lipinski definition) is 0. The van der Waals surface area contributed by atoms with Gasteiger partial charge in [-0.2, -0.15) is 0 Å². The van der Waals surface area contributed by atoms with Gasteiger partial charge in [0.1, 0.15) is 17.2 Å². The van der Waals surface area contributed by atoms with Crippen LogP contribution in [-0.4, -0.2) is 32.1 Å². The van der Waals surface area contributed by atoms with Crippen molar-refractivity contribution in [1.29, 1.82) is 0 Å². The molecule has 0 aliphatic carbocycles. The fourth-order valence-electron chi connectivity index (χ4n) is 2.71. The second-order valence-electron chi connectivity index (χ2n) is 5.21. The number of hydrogen-bond acceptors (Lipinski definition) is 5. The quantitative estimate of drug-likeness (QED) is 0.687. The second kappa shape index (κ2) is 6.14. The number of ether oxygens (including phenoxy) is 1.